The molecule has 1 N–H and O–H groups in total. The number of unbranched alkanes of at least 4 members (excludes halogenated alkanes) is 1. The average molecular weight is 377 g/mol. The highest BCUT2D eigenvalue weighted by Gasteiger charge is 2.11. The van der Waals surface area contributed by atoms with E-state index in [4.69, 9.17) is 4.52 Å². The van der Waals surface area contributed by atoms with Crippen molar-refractivity contribution in [2.45, 2.75) is 45.4 Å². The van der Waals surface area contributed by atoms with Gasteiger partial charge in [0, 0.05) is 19.3 Å². The molecule has 25 heavy (non-hydrogen) atoms. The van der Waals surface area contributed by atoms with Crippen molar-refractivity contribution in [2.24, 2.45) is 0 Å². The maximum absolute atomic E-state index is 12.0. The SMILES string of the molecule is CCCCc1nnc(NC(=O)CCCc2nc(-c3cccs3)no2)s1. The molecule has 0 aliphatic heterocycles. The standard InChI is InChI=1S/C16H19N5O2S2/c1-2-3-9-14-19-20-16(25-14)17-12(22)7-4-8-13-18-15(21-23-13)11-6-5-10-24-11/h5-6,10H,2-4,7-9H2,1H3,(H,17,20,22). The number of aryl methyl sites for hydroxylation is 2. The molecule has 3 rings (SSSR count). The highest BCUT2D eigenvalue weighted by Crippen LogP contribution is 2.22. The first-order valence-corrected chi connectivity index (χ1v) is 9.93. The summed E-state index contributed by atoms with van der Waals surface area (Å²) in [5.74, 6) is 1.08. The molecular formula is C16H19N5O2S2. The third-order valence-electron chi connectivity index (χ3n) is 3.46. The molecule has 0 unspecified atom stereocenters. The molecule has 0 atom stereocenters. The first-order valence-electron chi connectivity index (χ1n) is 8.23. The lowest BCUT2D eigenvalue weighted by atomic mass is 10.2. The Bertz CT molecular complexity index is 797. The maximum Gasteiger partial charge on any atom is 0.226 e. The van der Waals surface area contributed by atoms with Gasteiger partial charge in [-0.3, -0.25) is 4.79 Å². The molecule has 3 aromatic heterocycles. The zero-order valence-electron chi connectivity index (χ0n) is 13.9. The van der Waals surface area contributed by atoms with Crippen LogP contribution in [0.2, 0.25) is 0 Å². The Hall–Kier alpha value is -2.13. The van der Waals surface area contributed by atoms with Gasteiger partial charge in [-0.15, -0.1) is 21.5 Å². The summed E-state index contributed by atoms with van der Waals surface area (Å²) in [5, 5.41) is 18.3. The van der Waals surface area contributed by atoms with Gasteiger partial charge in [0.25, 0.3) is 0 Å². The summed E-state index contributed by atoms with van der Waals surface area (Å²) in [6.07, 6.45) is 4.70. The first-order chi connectivity index (χ1) is 12.2. The van der Waals surface area contributed by atoms with E-state index in [9.17, 15) is 4.79 Å². The predicted molar refractivity (Wildman–Crippen MR) is 97.7 cm³/mol. The molecule has 0 aliphatic rings. The molecule has 1 amide bonds. The van der Waals surface area contributed by atoms with E-state index in [0.29, 0.717) is 36.1 Å². The molecule has 0 radical (unpaired) electrons. The number of nitrogens with zero attached hydrogens (tertiary/aromatic N) is 4. The van der Waals surface area contributed by atoms with Gasteiger partial charge in [0.05, 0.1) is 4.88 Å². The van der Waals surface area contributed by atoms with E-state index in [1.807, 2.05) is 17.5 Å². The lowest BCUT2D eigenvalue weighted by molar-refractivity contribution is -0.116. The Morgan fingerprint density at radius 3 is 3.00 bits per heavy atom. The Kier molecular flexibility index (Phi) is 6.24. The first kappa shape index (κ1) is 17.7. The molecule has 0 aromatic carbocycles. The van der Waals surface area contributed by atoms with Crippen LogP contribution in [0, 0.1) is 0 Å². The largest absolute Gasteiger partial charge is 0.339 e. The summed E-state index contributed by atoms with van der Waals surface area (Å²) in [6, 6.07) is 3.89. The van der Waals surface area contributed by atoms with Crippen LogP contribution >= 0.6 is 22.7 Å². The van der Waals surface area contributed by atoms with Crippen LogP contribution in [0.25, 0.3) is 10.7 Å². The van der Waals surface area contributed by atoms with Gasteiger partial charge >= 0.3 is 0 Å². The monoisotopic (exact) mass is 377 g/mol. The van der Waals surface area contributed by atoms with Gasteiger partial charge in [-0.1, -0.05) is 35.9 Å². The number of amides is 1. The number of carbonyl (C=O) groups excluding carboxylic acids is 1. The minimum atomic E-state index is -0.0730. The third-order valence-corrected chi connectivity index (χ3v) is 5.23. The zero-order chi connectivity index (χ0) is 17.5. The van der Waals surface area contributed by atoms with Crippen LogP contribution in [0.1, 0.15) is 43.5 Å². The molecule has 132 valence electrons. The summed E-state index contributed by atoms with van der Waals surface area (Å²) in [4.78, 5) is 17.3. The molecule has 0 spiro atoms. The van der Waals surface area contributed by atoms with Crippen LogP contribution in [-0.2, 0) is 17.6 Å². The number of carbonyl (C=O) groups is 1. The second-order valence-electron chi connectivity index (χ2n) is 5.50. The Morgan fingerprint density at radius 1 is 1.28 bits per heavy atom. The fourth-order valence-electron chi connectivity index (χ4n) is 2.18. The highest BCUT2D eigenvalue weighted by molar-refractivity contribution is 7.15. The maximum atomic E-state index is 12.0. The third kappa shape index (κ3) is 5.17. The number of nitrogens with one attached hydrogen (secondary N) is 1. The van der Waals surface area contributed by atoms with Gasteiger partial charge in [0.15, 0.2) is 0 Å². The molecular weight excluding hydrogens is 358 g/mol. The fourth-order valence-corrected chi connectivity index (χ4v) is 3.62. The molecule has 0 saturated carbocycles. The van der Waals surface area contributed by atoms with Crippen molar-refractivity contribution in [1.82, 2.24) is 20.3 Å². The van der Waals surface area contributed by atoms with Gasteiger partial charge in [-0.25, -0.2) is 0 Å². The van der Waals surface area contributed by atoms with E-state index in [1.54, 1.807) is 11.3 Å². The van der Waals surface area contributed by atoms with Crippen molar-refractivity contribution in [2.75, 3.05) is 5.32 Å². The van der Waals surface area contributed by atoms with Gasteiger partial charge in [-0.05, 0) is 24.3 Å². The van der Waals surface area contributed by atoms with Crippen LogP contribution in [-0.4, -0.2) is 26.2 Å². The lowest BCUT2D eigenvalue weighted by Crippen LogP contribution is -2.11. The second kappa shape index (κ2) is 8.82. The van der Waals surface area contributed by atoms with E-state index in [-0.39, 0.29) is 5.91 Å². The second-order valence-corrected chi connectivity index (χ2v) is 7.51. The smallest absolute Gasteiger partial charge is 0.226 e. The van der Waals surface area contributed by atoms with Gasteiger partial charge in [-0.2, -0.15) is 4.98 Å². The Labute approximate surface area is 153 Å². The normalized spacial score (nSPS) is 10.9. The molecule has 3 aromatic rings. The van der Waals surface area contributed by atoms with Crippen molar-refractivity contribution in [1.29, 1.82) is 0 Å². The van der Waals surface area contributed by atoms with E-state index < -0.39 is 0 Å². The Morgan fingerprint density at radius 2 is 2.20 bits per heavy atom. The number of aromatic nitrogens is 4. The van der Waals surface area contributed by atoms with E-state index in [2.05, 4.69) is 32.6 Å². The number of thiophene rings is 1. The molecule has 0 fully saturated rings. The summed E-state index contributed by atoms with van der Waals surface area (Å²) < 4.78 is 5.22. The molecule has 9 heteroatoms. The number of anilines is 1. The molecule has 0 saturated heterocycles. The minimum absolute atomic E-state index is 0.0730. The summed E-state index contributed by atoms with van der Waals surface area (Å²) in [7, 11) is 0. The predicted octanol–water partition coefficient (Wildman–Crippen LogP) is 3.95. The van der Waals surface area contributed by atoms with Crippen molar-refractivity contribution < 1.29 is 9.32 Å². The highest BCUT2D eigenvalue weighted by atomic mass is 32.1. The minimum Gasteiger partial charge on any atom is -0.339 e. The summed E-state index contributed by atoms with van der Waals surface area (Å²) in [6.45, 7) is 2.14. The summed E-state index contributed by atoms with van der Waals surface area (Å²) >= 11 is 3.00. The van der Waals surface area contributed by atoms with Crippen molar-refractivity contribution in [3.63, 3.8) is 0 Å². The molecule has 0 aliphatic carbocycles. The number of hydrogen-bond acceptors (Lipinski definition) is 8. The topological polar surface area (TPSA) is 93.8 Å². The van der Waals surface area contributed by atoms with Crippen molar-refractivity contribution in [3.05, 3.63) is 28.4 Å². The fraction of sp³-hybridized carbons (Fsp3) is 0.438. The quantitative estimate of drug-likeness (QED) is 0.607. The zero-order valence-corrected chi connectivity index (χ0v) is 15.5. The Balaban J connectivity index is 1.41. The van der Waals surface area contributed by atoms with Gasteiger partial charge < -0.3 is 9.84 Å². The van der Waals surface area contributed by atoms with Gasteiger partial charge in [0.1, 0.15) is 5.01 Å². The van der Waals surface area contributed by atoms with Crippen molar-refractivity contribution >= 4 is 33.7 Å². The molecule has 3 heterocycles. The number of rotatable bonds is 9. The van der Waals surface area contributed by atoms with E-state index in [0.717, 1.165) is 29.1 Å². The van der Waals surface area contributed by atoms with Crippen LogP contribution in [0.5, 0.6) is 0 Å². The lowest BCUT2D eigenvalue weighted by Gasteiger charge is -1.99. The van der Waals surface area contributed by atoms with Crippen LogP contribution in [0.3, 0.4) is 0 Å². The average Bonchev–Trinajstić information content (AvgIpc) is 3.34. The van der Waals surface area contributed by atoms with Crippen LogP contribution in [0.15, 0.2) is 22.0 Å². The number of hydrogen-bond donors (Lipinski definition) is 1. The van der Waals surface area contributed by atoms with Crippen molar-refractivity contribution in [3.8, 4) is 10.7 Å². The molecule has 7 nitrogen and oxygen atoms in total. The van der Waals surface area contributed by atoms with Crippen LogP contribution < -0.4 is 5.32 Å². The summed E-state index contributed by atoms with van der Waals surface area (Å²) in [5.41, 5.74) is 0. The van der Waals surface area contributed by atoms with E-state index in [1.165, 1.54) is 11.3 Å². The van der Waals surface area contributed by atoms with E-state index >= 15 is 0 Å². The molecule has 0 bridgehead atoms. The van der Waals surface area contributed by atoms with Gasteiger partial charge in [0.2, 0.25) is 22.8 Å². The van der Waals surface area contributed by atoms with Crippen LogP contribution in [0.4, 0.5) is 5.13 Å².